The molecule has 5 rings (SSSR count). The molecule has 1 amide bonds. The van der Waals surface area contributed by atoms with Crippen molar-refractivity contribution in [2.24, 2.45) is 0 Å². The van der Waals surface area contributed by atoms with Crippen LogP contribution in [-0.4, -0.2) is 58.9 Å². The molecule has 1 aromatic heterocycles. The number of carbonyl (C=O) groups excluding carboxylic acids is 1. The number of piperazine rings is 1. The highest BCUT2D eigenvalue weighted by molar-refractivity contribution is 5.94. The second-order valence-corrected chi connectivity index (χ2v) is 8.97. The Morgan fingerprint density at radius 2 is 1.75 bits per heavy atom. The second-order valence-electron chi connectivity index (χ2n) is 8.97. The molecule has 36 heavy (non-hydrogen) atoms. The van der Waals surface area contributed by atoms with Gasteiger partial charge in [-0.2, -0.15) is 9.37 Å². The predicted octanol–water partition coefficient (Wildman–Crippen LogP) is 4.78. The number of ether oxygens (including phenoxy) is 1. The van der Waals surface area contributed by atoms with Crippen molar-refractivity contribution in [2.45, 2.75) is 13.3 Å². The summed E-state index contributed by atoms with van der Waals surface area (Å²) in [5.74, 6) is -3.67. The van der Waals surface area contributed by atoms with Gasteiger partial charge in [0.05, 0.1) is 0 Å². The van der Waals surface area contributed by atoms with E-state index in [1.807, 2.05) is 7.05 Å². The Morgan fingerprint density at radius 3 is 2.47 bits per heavy atom. The first-order valence-electron chi connectivity index (χ1n) is 11.5. The minimum Gasteiger partial charge on any atom is -0.433 e. The second kappa shape index (κ2) is 9.62. The van der Waals surface area contributed by atoms with E-state index in [1.54, 1.807) is 42.2 Å². The number of anilines is 2. The molecule has 2 aromatic carbocycles. The Hall–Kier alpha value is -3.92. The first-order valence-corrected chi connectivity index (χ1v) is 11.5. The number of amides is 1. The SMILES string of the molecule is CC1=Cc2c(F)c(Oc3ncnc(Nc4ccc(C(=O)N5CCN(C)CC5)cc4)c3F)cc(F)c2C1. The summed E-state index contributed by atoms with van der Waals surface area (Å²) in [6.45, 7) is 4.74. The molecule has 1 N–H and O–H groups in total. The molecule has 10 heteroatoms. The number of hydrogen-bond acceptors (Lipinski definition) is 6. The lowest BCUT2D eigenvalue weighted by Gasteiger charge is -2.32. The van der Waals surface area contributed by atoms with E-state index in [9.17, 15) is 13.6 Å². The molecular formula is C26H24F3N5O2. The van der Waals surface area contributed by atoms with Crippen LogP contribution in [0.1, 0.15) is 28.4 Å². The van der Waals surface area contributed by atoms with Crippen LogP contribution in [0.3, 0.4) is 0 Å². The summed E-state index contributed by atoms with van der Waals surface area (Å²) in [5.41, 5.74) is 2.16. The number of likely N-dealkylation sites (N-methyl/N-ethyl adjacent to an activating group) is 1. The Morgan fingerprint density at radius 1 is 1.03 bits per heavy atom. The highest BCUT2D eigenvalue weighted by Gasteiger charge is 2.25. The average Bonchev–Trinajstić information content (AvgIpc) is 3.28. The average molecular weight is 496 g/mol. The number of nitrogens with one attached hydrogen (secondary N) is 1. The standard InChI is InChI=1S/C26H24F3N5O2/c1-15-11-18-19(12-15)22(28)21(13-20(18)27)36-25-23(29)24(30-14-31-25)32-17-5-3-16(4-6-17)26(35)34-9-7-33(2)8-10-34/h3-6,12-14H,7-11H2,1-2H3,(H,30,31,32). The van der Waals surface area contributed by atoms with Crippen LogP contribution in [0, 0.1) is 17.5 Å². The van der Waals surface area contributed by atoms with Gasteiger partial charge in [0.25, 0.3) is 11.8 Å². The van der Waals surface area contributed by atoms with Gasteiger partial charge in [-0.1, -0.05) is 11.6 Å². The minimum absolute atomic E-state index is 0.0628. The summed E-state index contributed by atoms with van der Waals surface area (Å²) in [7, 11) is 2.02. The fourth-order valence-corrected chi connectivity index (χ4v) is 4.28. The van der Waals surface area contributed by atoms with Crippen LogP contribution >= 0.6 is 0 Å². The van der Waals surface area contributed by atoms with Gasteiger partial charge in [-0.25, -0.2) is 13.8 Å². The zero-order valence-electron chi connectivity index (χ0n) is 19.8. The van der Waals surface area contributed by atoms with Crippen LogP contribution in [0.2, 0.25) is 0 Å². The molecular weight excluding hydrogens is 471 g/mol. The summed E-state index contributed by atoms with van der Waals surface area (Å²) < 4.78 is 49.8. The third-order valence-electron chi connectivity index (χ3n) is 6.32. The first kappa shape index (κ1) is 23.8. The predicted molar refractivity (Wildman–Crippen MR) is 129 cm³/mol. The third kappa shape index (κ3) is 4.64. The highest BCUT2D eigenvalue weighted by Crippen LogP contribution is 2.37. The van der Waals surface area contributed by atoms with Crippen LogP contribution in [0.25, 0.3) is 6.08 Å². The van der Waals surface area contributed by atoms with Gasteiger partial charge < -0.3 is 19.9 Å². The summed E-state index contributed by atoms with van der Waals surface area (Å²) in [5, 5.41) is 2.81. The highest BCUT2D eigenvalue weighted by atomic mass is 19.1. The van der Waals surface area contributed by atoms with E-state index in [4.69, 9.17) is 4.74 Å². The van der Waals surface area contributed by atoms with Gasteiger partial charge in [-0.3, -0.25) is 4.79 Å². The number of fused-ring (bicyclic) bond motifs is 1. The normalized spacial score (nSPS) is 15.5. The molecule has 0 unspecified atom stereocenters. The summed E-state index contributed by atoms with van der Waals surface area (Å²) in [6.07, 6.45) is 2.91. The summed E-state index contributed by atoms with van der Waals surface area (Å²) in [6, 6.07) is 7.46. The van der Waals surface area contributed by atoms with Gasteiger partial charge in [0, 0.05) is 54.6 Å². The molecule has 0 atom stereocenters. The molecule has 0 radical (unpaired) electrons. The zero-order valence-corrected chi connectivity index (χ0v) is 19.8. The monoisotopic (exact) mass is 495 g/mol. The van der Waals surface area contributed by atoms with E-state index in [-0.39, 0.29) is 22.9 Å². The van der Waals surface area contributed by atoms with Crippen molar-refractivity contribution in [3.05, 3.63) is 76.4 Å². The number of carbonyl (C=O) groups is 1. The molecule has 2 heterocycles. The Labute approximate surface area is 206 Å². The van der Waals surface area contributed by atoms with E-state index < -0.39 is 29.1 Å². The Balaban J connectivity index is 1.32. The van der Waals surface area contributed by atoms with Crippen LogP contribution < -0.4 is 10.1 Å². The zero-order chi connectivity index (χ0) is 25.4. The summed E-state index contributed by atoms with van der Waals surface area (Å²) >= 11 is 0. The number of aromatic nitrogens is 2. The van der Waals surface area contributed by atoms with Gasteiger partial charge >= 0.3 is 0 Å². The number of benzene rings is 2. The number of halogens is 3. The van der Waals surface area contributed by atoms with Crippen molar-refractivity contribution >= 4 is 23.5 Å². The van der Waals surface area contributed by atoms with Crippen molar-refractivity contribution in [3.63, 3.8) is 0 Å². The molecule has 0 saturated carbocycles. The van der Waals surface area contributed by atoms with Gasteiger partial charge in [-0.05, 0) is 44.7 Å². The molecule has 1 aliphatic carbocycles. The fraction of sp³-hybridized carbons (Fsp3) is 0.269. The molecule has 3 aromatic rings. The fourth-order valence-electron chi connectivity index (χ4n) is 4.28. The van der Waals surface area contributed by atoms with Gasteiger partial charge in [0.2, 0.25) is 5.82 Å². The molecule has 1 saturated heterocycles. The van der Waals surface area contributed by atoms with Crippen LogP contribution in [-0.2, 0) is 6.42 Å². The van der Waals surface area contributed by atoms with E-state index in [1.165, 1.54) is 0 Å². The lowest BCUT2D eigenvalue weighted by molar-refractivity contribution is 0.0664. The van der Waals surface area contributed by atoms with Crippen molar-refractivity contribution in [2.75, 3.05) is 38.5 Å². The van der Waals surface area contributed by atoms with Gasteiger partial charge in [-0.15, -0.1) is 0 Å². The quantitative estimate of drug-likeness (QED) is 0.550. The molecule has 2 aliphatic rings. The van der Waals surface area contributed by atoms with E-state index in [2.05, 4.69) is 20.2 Å². The van der Waals surface area contributed by atoms with E-state index in [0.29, 0.717) is 30.8 Å². The molecule has 1 fully saturated rings. The molecule has 0 spiro atoms. The van der Waals surface area contributed by atoms with E-state index >= 15 is 4.39 Å². The lowest BCUT2D eigenvalue weighted by atomic mass is 10.1. The van der Waals surface area contributed by atoms with Crippen molar-refractivity contribution in [1.29, 1.82) is 0 Å². The number of nitrogens with zero attached hydrogens (tertiary/aromatic N) is 4. The van der Waals surface area contributed by atoms with Crippen LogP contribution in [0.15, 0.2) is 42.2 Å². The smallest absolute Gasteiger partial charge is 0.261 e. The van der Waals surface area contributed by atoms with Crippen molar-refractivity contribution in [1.82, 2.24) is 19.8 Å². The van der Waals surface area contributed by atoms with Crippen LogP contribution in [0.4, 0.5) is 24.7 Å². The van der Waals surface area contributed by atoms with Crippen LogP contribution in [0.5, 0.6) is 11.6 Å². The number of hydrogen-bond donors (Lipinski definition) is 1. The largest absolute Gasteiger partial charge is 0.433 e. The van der Waals surface area contributed by atoms with Crippen molar-refractivity contribution in [3.8, 4) is 11.6 Å². The minimum atomic E-state index is -0.970. The molecule has 7 nitrogen and oxygen atoms in total. The van der Waals surface area contributed by atoms with Gasteiger partial charge in [0.1, 0.15) is 12.1 Å². The van der Waals surface area contributed by atoms with E-state index in [0.717, 1.165) is 31.1 Å². The molecule has 1 aliphatic heterocycles. The topological polar surface area (TPSA) is 70.6 Å². The Bertz CT molecular complexity index is 1350. The maximum atomic E-state index is 15.1. The number of allylic oxidation sites excluding steroid dienone is 1. The maximum absolute atomic E-state index is 15.1. The molecule has 186 valence electrons. The lowest BCUT2D eigenvalue weighted by Crippen LogP contribution is -2.47. The first-order chi connectivity index (χ1) is 17.3. The maximum Gasteiger partial charge on any atom is 0.261 e. The number of rotatable bonds is 5. The van der Waals surface area contributed by atoms with Gasteiger partial charge in [0.15, 0.2) is 17.4 Å². The third-order valence-corrected chi connectivity index (χ3v) is 6.32. The van der Waals surface area contributed by atoms with Crippen molar-refractivity contribution < 1.29 is 22.7 Å². The Kier molecular flexibility index (Phi) is 6.36. The summed E-state index contributed by atoms with van der Waals surface area (Å²) in [4.78, 5) is 24.3. The molecule has 0 bridgehead atoms.